The number of aliphatic hydroxyl groups excluding tert-OH is 1. The normalized spacial score (nSPS) is 20.6. The number of methoxy groups -OCH3 is 1. The van der Waals surface area contributed by atoms with Crippen LogP contribution >= 0.6 is 0 Å². The van der Waals surface area contributed by atoms with Crippen molar-refractivity contribution in [3.05, 3.63) is 59.7 Å². The first-order valence-electron chi connectivity index (χ1n) is 9.83. The predicted molar refractivity (Wildman–Crippen MR) is 108 cm³/mol. The third kappa shape index (κ3) is 5.47. The fourth-order valence-corrected chi connectivity index (χ4v) is 3.78. The van der Waals surface area contributed by atoms with Gasteiger partial charge in [-0.05, 0) is 49.9 Å². The summed E-state index contributed by atoms with van der Waals surface area (Å²) < 4.78 is 11.3. The third-order valence-corrected chi connectivity index (χ3v) is 5.12. The Balaban J connectivity index is 1.67. The van der Waals surface area contributed by atoms with E-state index in [0.717, 1.165) is 44.0 Å². The van der Waals surface area contributed by atoms with Crippen LogP contribution < -0.4 is 9.47 Å². The molecule has 1 heterocycles. The molecule has 146 valence electrons. The molecular formula is C23H31NO3. The highest BCUT2D eigenvalue weighted by Crippen LogP contribution is 2.31. The molecule has 2 atom stereocenters. The summed E-state index contributed by atoms with van der Waals surface area (Å²) in [5, 5.41) is 10.5. The Morgan fingerprint density at radius 2 is 1.85 bits per heavy atom. The van der Waals surface area contributed by atoms with Gasteiger partial charge in [-0.2, -0.15) is 0 Å². The lowest BCUT2D eigenvalue weighted by molar-refractivity contribution is 0.0239. The maximum Gasteiger partial charge on any atom is 0.161 e. The maximum absolute atomic E-state index is 10.5. The van der Waals surface area contributed by atoms with Crippen molar-refractivity contribution in [1.29, 1.82) is 0 Å². The minimum atomic E-state index is -0.256. The molecule has 0 radical (unpaired) electrons. The number of ether oxygens (including phenoxy) is 2. The summed E-state index contributed by atoms with van der Waals surface area (Å²) in [6, 6.07) is 16.6. The van der Waals surface area contributed by atoms with Crippen LogP contribution in [0.4, 0.5) is 0 Å². The molecule has 27 heavy (non-hydrogen) atoms. The molecule has 2 aromatic rings. The fourth-order valence-electron chi connectivity index (χ4n) is 3.78. The van der Waals surface area contributed by atoms with Crippen LogP contribution in [-0.2, 0) is 13.0 Å². The van der Waals surface area contributed by atoms with Gasteiger partial charge in [0.1, 0.15) is 0 Å². The molecule has 1 fully saturated rings. The van der Waals surface area contributed by atoms with E-state index in [-0.39, 0.29) is 18.1 Å². The van der Waals surface area contributed by atoms with Crippen LogP contribution in [0.2, 0.25) is 0 Å². The number of hydrogen-bond acceptors (Lipinski definition) is 4. The van der Waals surface area contributed by atoms with E-state index in [1.54, 1.807) is 7.11 Å². The molecule has 1 saturated heterocycles. The smallest absolute Gasteiger partial charge is 0.161 e. The zero-order valence-corrected chi connectivity index (χ0v) is 16.6. The van der Waals surface area contributed by atoms with E-state index in [0.29, 0.717) is 0 Å². The van der Waals surface area contributed by atoms with Crippen LogP contribution in [0.25, 0.3) is 0 Å². The summed E-state index contributed by atoms with van der Waals surface area (Å²) in [5.74, 6) is 1.75. The van der Waals surface area contributed by atoms with Gasteiger partial charge in [0.15, 0.2) is 11.5 Å². The van der Waals surface area contributed by atoms with Crippen molar-refractivity contribution in [2.45, 2.75) is 45.4 Å². The van der Waals surface area contributed by atoms with Crippen molar-refractivity contribution in [2.24, 2.45) is 5.92 Å². The maximum atomic E-state index is 10.5. The average Bonchev–Trinajstić information content (AvgIpc) is 2.65. The molecule has 2 unspecified atom stereocenters. The summed E-state index contributed by atoms with van der Waals surface area (Å²) in [6.45, 7) is 6.81. The Morgan fingerprint density at radius 3 is 2.56 bits per heavy atom. The topological polar surface area (TPSA) is 41.9 Å². The molecule has 0 aliphatic carbocycles. The number of hydrogen-bond donors (Lipinski definition) is 1. The molecule has 4 nitrogen and oxygen atoms in total. The second-order valence-corrected chi connectivity index (χ2v) is 7.69. The molecule has 1 N–H and O–H groups in total. The molecule has 0 spiro atoms. The Morgan fingerprint density at radius 1 is 1.07 bits per heavy atom. The summed E-state index contributed by atoms with van der Waals surface area (Å²) in [7, 11) is 1.66. The summed E-state index contributed by atoms with van der Waals surface area (Å²) in [6.07, 6.45) is 1.50. The Labute approximate surface area is 162 Å². The number of aliphatic hydroxyl groups is 1. The quantitative estimate of drug-likeness (QED) is 0.804. The first-order chi connectivity index (χ1) is 13.0. The molecule has 0 saturated carbocycles. The molecule has 0 aromatic heterocycles. The summed E-state index contributed by atoms with van der Waals surface area (Å²) >= 11 is 0. The van der Waals surface area contributed by atoms with Gasteiger partial charge in [0.25, 0.3) is 0 Å². The molecule has 0 bridgehead atoms. The van der Waals surface area contributed by atoms with Crippen molar-refractivity contribution in [1.82, 2.24) is 4.90 Å². The molecular weight excluding hydrogens is 338 g/mol. The molecule has 4 heteroatoms. The highest BCUT2D eigenvalue weighted by atomic mass is 16.5. The molecule has 1 aliphatic heterocycles. The number of benzene rings is 2. The number of likely N-dealkylation sites (tertiary alicyclic amines) is 1. The lowest BCUT2D eigenvalue weighted by atomic mass is 9.88. The van der Waals surface area contributed by atoms with Crippen LogP contribution in [0.15, 0.2) is 48.5 Å². The summed E-state index contributed by atoms with van der Waals surface area (Å²) in [4.78, 5) is 2.45. The van der Waals surface area contributed by atoms with Gasteiger partial charge in [-0.15, -0.1) is 0 Å². The van der Waals surface area contributed by atoms with Gasteiger partial charge in [-0.3, -0.25) is 4.90 Å². The van der Waals surface area contributed by atoms with E-state index in [2.05, 4.69) is 41.3 Å². The predicted octanol–water partition coefficient (Wildman–Crippen LogP) is 3.91. The zero-order chi connectivity index (χ0) is 19.2. The van der Waals surface area contributed by atoms with Crippen LogP contribution in [0.5, 0.6) is 11.5 Å². The van der Waals surface area contributed by atoms with Gasteiger partial charge < -0.3 is 14.6 Å². The monoisotopic (exact) mass is 369 g/mol. The van der Waals surface area contributed by atoms with E-state index in [1.807, 2.05) is 26.0 Å². The van der Waals surface area contributed by atoms with E-state index >= 15 is 0 Å². The van der Waals surface area contributed by atoms with Crippen LogP contribution in [0.3, 0.4) is 0 Å². The Kier molecular flexibility index (Phi) is 6.75. The Hall–Kier alpha value is -2.04. The molecule has 0 amide bonds. The van der Waals surface area contributed by atoms with Crippen molar-refractivity contribution in [3.8, 4) is 11.5 Å². The van der Waals surface area contributed by atoms with Gasteiger partial charge in [0, 0.05) is 25.6 Å². The minimum Gasteiger partial charge on any atom is -0.493 e. The van der Waals surface area contributed by atoms with E-state index < -0.39 is 0 Å². The van der Waals surface area contributed by atoms with Crippen molar-refractivity contribution in [2.75, 3.05) is 20.2 Å². The third-order valence-electron chi connectivity index (χ3n) is 5.12. The highest BCUT2D eigenvalue weighted by Gasteiger charge is 2.28. The standard InChI is InChI=1S/C23H31NO3/c1-17(2)27-23-14-19(9-10-22(23)26-3)13-20-16-24(12-11-21(20)25)15-18-7-5-4-6-8-18/h4-10,14,17,20-21,25H,11-13,15-16H2,1-3H3. The SMILES string of the molecule is COc1ccc(CC2CN(Cc3ccccc3)CCC2O)cc1OC(C)C. The minimum absolute atomic E-state index is 0.0933. The first-order valence-corrected chi connectivity index (χ1v) is 9.83. The zero-order valence-electron chi connectivity index (χ0n) is 16.6. The van der Waals surface area contributed by atoms with Gasteiger partial charge >= 0.3 is 0 Å². The van der Waals surface area contributed by atoms with E-state index in [4.69, 9.17) is 9.47 Å². The largest absolute Gasteiger partial charge is 0.493 e. The van der Waals surface area contributed by atoms with Crippen LogP contribution in [0.1, 0.15) is 31.4 Å². The first kappa shape index (κ1) is 19.7. The fraction of sp³-hybridized carbons (Fsp3) is 0.478. The highest BCUT2D eigenvalue weighted by molar-refractivity contribution is 5.43. The van der Waals surface area contributed by atoms with Crippen molar-refractivity contribution < 1.29 is 14.6 Å². The molecule has 1 aliphatic rings. The number of piperidine rings is 1. The lowest BCUT2D eigenvalue weighted by Gasteiger charge is -2.36. The van der Waals surface area contributed by atoms with Crippen LogP contribution in [-0.4, -0.2) is 42.4 Å². The number of rotatable bonds is 7. The van der Waals surface area contributed by atoms with E-state index in [1.165, 1.54) is 11.1 Å². The second kappa shape index (κ2) is 9.25. The van der Waals surface area contributed by atoms with Gasteiger partial charge in [-0.1, -0.05) is 36.4 Å². The van der Waals surface area contributed by atoms with Crippen LogP contribution in [0, 0.1) is 5.92 Å². The molecule has 2 aromatic carbocycles. The Bertz CT molecular complexity index is 717. The second-order valence-electron chi connectivity index (χ2n) is 7.69. The van der Waals surface area contributed by atoms with Gasteiger partial charge in [-0.25, -0.2) is 0 Å². The lowest BCUT2D eigenvalue weighted by Crippen LogP contribution is -2.43. The average molecular weight is 370 g/mol. The molecule has 3 rings (SSSR count). The van der Waals surface area contributed by atoms with Crippen molar-refractivity contribution >= 4 is 0 Å². The van der Waals surface area contributed by atoms with Crippen molar-refractivity contribution in [3.63, 3.8) is 0 Å². The summed E-state index contributed by atoms with van der Waals surface area (Å²) in [5.41, 5.74) is 2.50. The number of nitrogens with zero attached hydrogens (tertiary/aromatic N) is 1. The van der Waals surface area contributed by atoms with Gasteiger partial charge in [0.05, 0.1) is 19.3 Å². The van der Waals surface area contributed by atoms with Gasteiger partial charge in [0.2, 0.25) is 0 Å². The van der Waals surface area contributed by atoms with E-state index in [9.17, 15) is 5.11 Å².